The van der Waals surface area contributed by atoms with Gasteiger partial charge in [0.05, 0.1) is 0 Å². The van der Waals surface area contributed by atoms with Crippen LogP contribution in [0.3, 0.4) is 0 Å². The highest BCUT2D eigenvalue weighted by Gasteiger charge is 2.05. The Balaban J connectivity index is 0.000000184. The fourth-order valence-electron chi connectivity index (χ4n) is 1.09. The van der Waals surface area contributed by atoms with E-state index in [1.807, 2.05) is 0 Å². The maximum Gasteiger partial charge on any atom is 0.339 e. The van der Waals surface area contributed by atoms with E-state index >= 15 is 0 Å². The molecule has 2 aromatic rings. The Morgan fingerprint density at radius 2 is 1.33 bits per heavy atom. The van der Waals surface area contributed by atoms with E-state index in [1.165, 1.54) is 24.3 Å². The predicted octanol–water partition coefficient (Wildman–Crippen LogP) is 3.06. The van der Waals surface area contributed by atoms with E-state index < -0.39 is 17.6 Å². The molecule has 0 unspecified atom stereocenters. The number of phenols is 1. The molecule has 2 rings (SSSR count). The van der Waals surface area contributed by atoms with Crippen LogP contribution in [0.2, 0.25) is 0 Å². The van der Waals surface area contributed by atoms with Gasteiger partial charge in [-0.3, -0.25) is 0 Å². The van der Waals surface area contributed by atoms with Crippen molar-refractivity contribution >= 4 is 5.97 Å². The molecule has 0 aromatic heterocycles. The van der Waals surface area contributed by atoms with Crippen molar-refractivity contribution in [3.8, 4) is 5.75 Å². The summed E-state index contributed by atoms with van der Waals surface area (Å²) in [7, 11) is 0. The number of aromatic hydroxyl groups is 1. The number of rotatable bonds is 1. The molecular weight excluding hydrogens is 242 g/mol. The summed E-state index contributed by atoms with van der Waals surface area (Å²) in [6.07, 6.45) is 0. The lowest BCUT2D eigenvalue weighted by Gasteiger charge is -1.95. The van der Waals surface area contributed by atoms with Crippen molar-refractivity contribution < 1.29 is 23.8 Å². The normalized spacial score (nSPS) is 9.22. The lowest BCUT2D eigenvalue weighted by molar-refractivity contribution is 0.0693. The maximum atomic E-state index is 11.9. The van der Waals surface area contributed by atoms with Crippen LogP contribution in [0.1, 0.15) is 10.4 Å². The molecule has 0 heterocycles. The summed E-state index contributed by atoms with van der Waals surface area (Å²) in [4.78, 5) is 10.3. The predicted molar refractivity (Wildman–Crippen MR) is 61.4 cm³/mol. The number of halogens is 2. The van der Waals surface area contributed by atoms with Gasteiger partial charge in [-0.1, -0.05) is 24.3 Å². The Hall–Kier alpha value is -2.43. The monoisotopic (exact) mass is 252 g/mol. The first-order chi connectivity index (χ1) is 8.52. The third-order valence-corrected chi connectivity index (χ3v) is 1.96. The van der Waals surface area contributed by atoms with Crippen molar-refractivity contribution in [2.45, 2.75) is 0 Å². The van der Waals surface area contributed by atoms with Crippen LogP contribution in [-0.2, 0) is 0 Å². The van der Waals surface area contributed by atoms with Crippen LogP contribution in [0, 0.1) is 11.6 Å². The fraction of sp³-hybridized carbons (Fsp3) is 0. The molecule has 0 aliphatic heterocycles. The highest BCUT2D eigenvalue weighted by Crippen LogP contribution is 2.14. The Bertz CT molecular complexity index is 520. The number of aromatic carboxylic acids is 1. The molecule has 0 atom stereocenters. The van der Waals surface area contributed by atoms with E-state index in [0.29, 0.717) is 0 Å². The average molecular weight is 252 g/mol. The zero-order chi connectivity index (χ0) is 13.5. The van der Waals surface area contributed by atoms with Crippen molar-refractivity contribution in [1.82, 2.24) is 0 Å². The van der Waals surface area contributed by atoms with E-state index in [4.69, 9.17) is 10.2 Å². The van der Waals surface area contributed by atoms with Crippen LogP contribution in [0.5, 0.6) is 5.75 Å². The highest BCUT2D eigenvalue weighted by atomic mass is 19.2. The molecule has 0 aliphatic carbocycles. The first-order valence-corrected chi connectivity index (χ1v) is 4.93. The van der Waals surface area contributed by atoms with Crippen LogP contribution < -0.4 is 0 Å². The summed E-state index contributed by atoms with van der Waals surface area (Å²) in [6, 6.07) is 10.9. The number of hydrogen-bond donors (Lipinski definition) is 2. The molecule has 0 amide bonds. The third-order valence-electron chi connectivity index (χ3n) is 1.96. The van der Waals surface area contributed by atoms with E-state index in [9.17, 15) is 13.6 Å². The molecule has 2 aromatic carbocycles. The largest absolute Gasteiger partial charge is 0.507 e. The first-order valence-electron chi connectivity index (χ1n) is 4.93. The van der Waals surface area contributed by atoms with Crippen molar-refractivity contribution in [2.24, 2.45) is 0 Å². The molecule has 0 fully saturated rings. The Kier molecular flexibility index (Phi) is 4.80. The van der Waals surface area contributed by atoms with Gasteiger partial charge in [-0.05, 0) is 24.3 Å². The van der Waals surface area contributed by atoms with Gasteiger partial charge in [0.25, 0.3) is 0 Å². The number of carboxylic acids is 1. The number of para-hydroxylation sites is 1. The quantitative estimate of drug-likeness (QED) is 0.820. The second kappa shape index (κ2) is 6.34. The van der Waals surface area contributed by atoms with Gasteiger partial charge < -0.3 is 10.2 Å². The minimum atomic E-state index is -1.11. The number of benzene rings is 2. The van der Waals surface area contributed by atoms with Crippen molar-refractivity contribution in [3.05, 3.63) is 65.7 Å². The molecule has 5 heteroatoms. The minimum Gasteiger partial charge on any atom is -0.507 e. The summed E-state index contributed by atoms with van der Waals surface area (Å²) >= 11 is 0. The number of hydrogen-bond acceptors (Lipinski definition) is 2. The molecule has 0 aliphatic rings. The zero-order valence-electron chi connectivity index (χ0n) is 9.18. The van der Waals surface area contributed by atoms with Crippen molar-refractivity contribution in [2.75, 3.05) is 0 Å². The van der Waals surface area contributed by atoms with Gasteiger partial charge in [0.1, 0.15) is 11.3 Å². The van der Waals surface area contributed by atoms with Crippen molar-refractivity contribution in [1.29, 1.82) is 0 Å². The van der Waals surface area contributed by atoms with E-state index in [1.54, 1.807) is 12.1 Å². The lowest BCUT2D eigenvalue weighted by atomic mass is 10.2. The molecule has 0 saturated heterocycles. The first kappa shape index (κ1) is 13.6. The molecular formula is C13H10F2O3. The van der Waals surface area contributed by atoms with Gasteiger partial charge in [-0.2, -0.15) is 0 Å². The third kappa shape index (κ3) is 3.86. The summed E-state index contributed by atoms with van der Waals surface area (Å²) in [5, 5.41) is 17.3. The van der Waals surface area contributed by atoms with E-state index in [0.717, 1.165) is 12.1 Å². The highest BCUT2D eigenvalue weighted by molar-refractivity contribution is 5.90. The zero-order valence-corrected chi connectivity index (χ0v) is 9.18. The summed E-state index contributed by atoms with van der Waals surface area (Å²) < 4.78 is 23.9. The molecule has 2 N–H and O–H groups in total. The van der Waals surface area contributed by atoms with Crippen LogP contribution in [-0.4, -0.2) is 16.2 Å². The lowest BCUT2D eigenvalue weighted by Crippen LogP contribution is -1.95. The van der Waals surface area contributed by atoms with Crippen LogP contribution >= 0.6 is 0 Å². The van der Waals surface area contributed by atoms with Gasteiger partial charge in [0, 0.05) is 0 Å². The summed E-state index contributed by atoms with van der Waals surface area (Å²) in [5.74, 6) is -2.91. The number of carboxylic acid groups (broad SMARTS) is 1. The fourth-order valence-corrected chi connectivity index (χ4v) is 1.09. The molecule has 0 saturated carbocycles. The molecule has 0 spiro atoms. The van der Waals surface area contributed by atoms with E-state index in [-0.39, 0.29) is 11.3 Å². The maximum absolute atomic E-state index is 11.9. The molecule has 0 radical (unpaired) electrons. The summed E-state index contributed by atoms with van der Waals surface area (Å²) in [6.45, 7) is 0. The van der Waals surface area contributed by atoms with Gasteiger partial charge in [-0.25, -0.2) is 13.6 Å². The topological polar surface area (TPSA) is 57.5 Å². The van der Waals surface area contributed by atoms with Crippen LogP contribution in [0.25, 0.3) is 0 Å². The Morgan fingerprint density at radius 1 is 0.889 bits per heavy atom. The molecule has 94 valence electrons. The Labute approximate surface area is 102 Å². The van der Waals surface area contributed by atoms with Gasteiger partial charge >= 0.3 is 5.97 Å². The Morgan fingerprint density at radius 3 is 1.67 bits per heavy atom. The number of carbonyl (C=O) groups is 1. The standard InChI is InChI=1S/C7H6O3.C6H4F2/c8-6-4-2-1-3-5(6)7(9)10;7-5-3-1-2-4-6(5)8/h1-4,8H,(H,9,10);1-4H. The van der Waals surface area contributed by atoms with E-state index in [2.05, 4.69) is 0 Å². The molecule has 0 bridgehead atoms. The summed E-state index contributed by atoms with van der Waals surface area (Å²) in [5.41, 5.74) is -0.0671. The van der Waals surface area contributed by atoms with Crippen molar-refractivity contribution in [3.63, 3.8) is 0 Å². The molecule has 3 nitrogen and oxygen atoms in total. The van der Waals surface area contributed by atoms with Crippen LogP contribution in [0.15, 0.2) is 48.5 Å². The van der Waals surface area contributed by atoms with Gasteiger partial charge in [0.15, 0.2) is 11.6 Å². The SMILES string of the molecule is Fc1ccccc1F.O=C(O)c1ccccc1O. The average Bonchev–Trinajstić information content (AvgIpc) is 2.34. The second-order valence-corrected chi connectivity index (χ2v) is 3.24. The van der Waals surface area contributed by atoms with Crippen LogP contribution in [0.4, 0.5) is 8.78 Å². The smallest absolute Gasteiger partial charge is 0.339 e. The van der Waals surface area contributed by atoms with Gasteiger partial charge in [0.2, 0.25) is 0 Å². The van der Waals surface area contributed by atoms with Gasteiger partial charge in [-0.15, -0.1) is 0 Å². The molecule has 18 heavy (non-hydrogen) atoms. The second-order valence-electron chi connectivity index (χ2n) is 3.24. The minimum absolute atomic E-state index is 0.0671.